The van der Waals surface area contributed by atoms with Crippen LogP contribution < -0.4 is 10.6 Å². The number of amides is 4. The number of alkyl carbamates (subject to hydrolysis) is 2. The number of carbonyl (C=O) groups excluding carboxylic acids is 4. The highest BCUT2D eigenvalue weighted by Crippen LogP contribution is 2.58. The Morgan fingerprint density at radius 3 is 2.32 bits per heavy atom. The van der Waals surface area contributed by atoms with Crippen LogP contribution in [0.3, 0.4) is 0 Å². The smallest absolute Gasteiger partial charge is 0.407 e. The minimum absolute atomic E-state index is 0.0949. The number of nitrogens with zero attached hydrogens (tertiary/aromatic N) is 4. The summed E-state index contributed by atoms with van der Waals surface area (Å²) in [6.45, 7) is 4.90. The summed E-state index contributed by atoms with van der Waals surface area (Å²) in [6, 6.07) is 16.7. The molecule has 1 aliphatic carbocycles. The Labute approximate surface area is 346 Å². The van der Waals surface area contributed by atoms with Crippen molar-refractivity contribution >= 4 is 35.0 Å². The second kappa shape index (κ2) is 16.5. The van der Waals surface area contributed by atoms with Gasteiger partial charge in [-0.3, -0.25) is 9.59 Å². The summed E-state index contributed by atoms with van der Waals surface area (Å²) in [4.78, 5) is 72.0. The number of halogens is 1. The zero-order valence-corrected chi connectivity index (χ0v) is 33.9. The number of likely N-dealkylation sites (tertiary alicyclic amines) is 2. The summed E-state index contributed by atoms with van der Waals surface area (Å²) >= 11 is 0. The first-order chi connectivity index (χ1) is 28.9. The van der Waals surface area contributed by atoms with Crippen LogP contribution in [0, 0.1) is 29.0 Å². The van der Waals surface area contributed by atoms with Gasteiger partial charge in [0.15, 0.2) is 0 Å². The number of aromatic nitrogens is 4. The Bertz CT molecular complexity index is 2500. The van der Waals surface area contributed by atoms with Crippen molar-refractivity contribution in [1.29, 1.82) is 0 Å². The van der Waals surface area contributed by atoms with Crippen molar-refractivity contribution in [3.8, 4) is 23.1 Å². The van der Waals surface area contributed by atoms with E-state index < -0.39 is 30.1 Å². The molecule has 3 fully saturated rings. The molecule has 4 heterocycles. The number of methoxy groups -OCH3 is 2. The van der Waals surface area contributed by atoms with Crippen molar-refractivity contribution in [2.45, 2.75) is 70.1 Å². The standard InChI is InChI=1S/C45H47FN8O6/c1-26(2)37(51-43(57)59-3)41(55)54-25-45(18-19-45)23-36(54)40-48-32-17-14-28(21-33(32)49-40)11-10-27-12-15-29(16-13-27)34-24-47-39(50-34)35-9-6-20-53(35)42(56)38(52-44(58)60-4)30-7-5-8-31(46)22-30/h5,7-8,12-17,21-22,24,26,35-38H,6,9,18-20,23,25H2,1-4H3,(H,47,50)(H,48,49)(H,51,57)(H,52,58)/t35-,36-,37-,38+/m0/s1. The quantitative estimate of drug-likeness (QED) is 0.119. The number of hydrogen-bond acceptors (Lipinski definition) is 8. The lowest BCUT2D eigenvalue weighted by Gasteiger charge is -2.30. The van der Waals surface area contributed by atoms with E-state index in [9.17, 15) is 23.6 Å². The Kier molecular flexibility index (Phi) is 11.0. The van der Waals surface area contributed by atoms with E-state index >= 15 is 0 Å². The summed E-state index contributed by atoms with van der Waals surface area (Å²) in [5.41, 5.74) is 5.29. The number of rotatable bonds is 9. The van der Waals surface area contributed by atoms with E-state index in [2.05, 4.69) is 37.4 Å². The molecule has 1 spiro atoms. The van der Waals surface area contributed by atoms with Crippen LogP contribution >= 0.6 is 0 Å². The Morgan fingerprint density at radius 1 is 0.867 bits per heavy atom. The van der Waals surface area contributed by atoms with Crippen molar-refractivity contribution in [3.05, 3.63) is 107 Å². The van der Waals surface area contributed by atoms with Crippen LogP contribution in [0.2, 0.25) is 0 Å². The maximum Gasteiger partial charge on any atom is 0.407 e. The molecule has 4 atom stereocenters. The Hall–Kier alpha value is -6.69. The van der Waals surface area contributed by atoms with Crippen LogP contribution in [0.15, 0.2) is 72.9 Å². The first-order valence-electron chi connectivity index (χ1n) is 20.2. The van der Waals surface area contributed by atoms with Gasteiger partial charge >= 0.3 is 12.2 Å². The van der Waals surface area contributed by atoms with Gasteiger partial charge in [-0.2, -0.15) is 0 Å². The van der Waals surface area contributed by atoms with E-state index in [-0.39, 0.29) is 35.2 Å². The minimum Gasteiger partial charge on any atom is -0.453 e. The molecule has 3 aromatic carbocycles. The Balaban J connectivity index is 0.950. The Morgan fingerprint density at radius 2 is 1.60 bits per heavy atom. The lowest BCUT2D eigenvalue weighted by atomic mass is 10.0. The second-order valence-corrected chi connectivity index (χ2v) is 16.2. The zero-order valence-electron chi connectivity index (χ0n) is 33.9. The summed E-state index contributed by atoms with van der Waals surface area (Å²) in [5.74, 6) is 6.69. The van der Waals surface area contributed by atoms with Crippen molar-refractivity contribution in [1.82, 2.24) is 40.4 Å². The van der Waals surface area contributed by atoms with Gasteiger partial charge in [0.25, 0.3) is 5.91 Å². The van der Waals surface area contributed by atoms with Gasteiger partial charge in [0.05, 0.1) is 49.2 Å². The number of carbonyl (C=O) groups is 4. The van der Waals surface area contributed by atoms with Crippen molar-refractivity contribution in [2.24, 2.45) is 11.3 Å². The molecule has 3 aliphatic rings. The number of benzene rings is 3. The fourth-order valence-corrected chi connectivity index (χ4v) is 8.38. The molecule has 2 aliphatic heterocycles. The maximum atomic E-state index is 14.1. The average Bonchev–Trinajstić information content (AvgIpc) is 3.74. The lowest BCUT2D eigenvalue weighted by molar-refractivity contribution is -0.136. The molecule has 15 heteroatoms. The first-order valence-corrected chi connectivity index (χ1v) is 20.2. The SMILES string of the molecule is COC(=O)N[C@H](C(=O)N1CC2(CC2)C[C@H]1c1nc2ccc(C#Cc3ccc(-c4cnc([C@@H]5CCCN5C(=O)[C@H](NC(=O)OC)c5cccc(F)c5)[nH]4)cc3)cc2[nH]1)C(C)C. The molecule has 310 valence electrons. The molecule has 2 aromatic heterocycles. The molecule has 5 aromatic rings. The highest BCUT2D eigenvalue weighted by atomic mass is 19.1. The molecular formula is C45H47FN8O6. The number of nitrogens with one attached hydrogen (secondary N) is 4. The van der Waals surface area contributed by atoms with Crippen LogP contribution in [-0.4, -0.2) is 87.1 Å². The number of ether oxygens (including phenoxy) is 2. The van der Waals surface area contributed by atoms with Crippen molar-refractivity contribution in [3.63, 3.8) is 0 Å². The molecule has 14 nitrogen and oxygen atoms in total. The number of aromatic amines is 2. The minimum atomic E-state index is -1.13. The van der Waals surface area contributed by atoms with E-state index in [1.807, 2.05) is 61.2 Å². The third-order valence-corrected chi connectivity index (χ3v) is 11.8. The van der Waals surface area contributed by atoms with Gasteiger partial charge < -0.3 is 39.9 Å². The third kappa shape index (κ3) is 8.27. The topological polar surface area (TPSA) is 175 Å². The fourth-order valence-electron chi connectivity index (χ4n) is 8.38. The van der Waals surface area contributed by atoms with Crippen molar-refractivity contribution in [2.75, 3.05) is 27.3 Å². The van der Waals surface area contributed by atoms with E-state index in [4.69, 9.17) is 14.5 Å². The highest BCUT2D eigenvalue weighted by Gasteiger charge is 2.55. The van der Waals surface area contributed by atoms with E-state index in [0.29, 0.717) is 30.9 Å². The van der Waals surface area contributed by atoms with Gasteiger partial charge in [-0.15, -0.1) is 0 Å². The fraction of sp³-hybridized carbons (Fsp3) is 0.378. The largest absolute Gasteiger partial charge is 0.453 e. The third-order valence-electron chi connectivity index (χ3n) is 11.8. The number of hydrogen-bond donors (Lipinski definition) is 4. The molecule has 4 N–H and O–H groups in total. The number of fused-ring (bicyclic) bond motifs is 1. The van der Waals surface area contributed by atoms with E-state index in [1.54, 1.807) is 17.2 Å². The molecule has 0 radical (unpaired) electrons. The predicted molar refractivity (Wildman–Crippen MR) is 219 cm³/mol. The van der Waals surface area contributed by atoms with Crippen LogP contribution in [0.5, 0.6) is 0 Å². The maximum absolute atomic E-state index is 14.1. The normalized spacial score (nSPS) is 18.8. The average molecular weight is 815 g/mol. The molecule has 8 rings (SSSR count). The number of H-pyrrole nitrogens is 2. The van der Waals surface area contributed by atoms with Gasteiger partial charge in [0.1, 0.15) is 29.5 Å². The monoisotopic (exact) mass is 814 g/mol. The van der Waals surface area contributed by atoms with Crippen LogP contribution in [-0.2, 0) is 19.1 Å². The van der Waals surface area contributed by atoms with E-state index in [0.717, 1.165) is 64.9 Å². The van der Waals surface area contributed by atoms with Gasteiger partial charge in [-0.25, -0.2) is 23.9 Å². The molecular weight excluding hydrogens is 768 g/mol. The molecule has 60 heavy (non-hydrogen) atoms. The molecule has 0 bridgehead atoms. The summed E-state index contributed by atoms with van der Waals surface area (Å²) in [6.07, 6.45) is 4.66. The molecule has 0 unspecified atom stereocenters. The zero-order chi connectivity index (χ0) is 42.1. The van der Waals surface area contributed by atoms with Gasteiger partial charge in [0, 0.05) is 24.2 Å². The predicted octanol–water partition coefficient (Wildman–Crippen LogP) is 6.69. The van der Waals surface area contributed by atoms with Crippen molar-refractivity contribution < 1.29 is 33.0 Å². The number of imidazole rings is 2. The van der Waals surface area contributed by atoms with Gasteiger partial charge in [-0.05, 0) is 97.0 Å². The second-order valence-electron chi connectivity index (χ2n) is 16.2. The van der Waals surface area contributed by atoms with Crippen LogP contribution in [0.1, 0.15) is 92.4 Å². The highest BCUT2D eigenvalue weighted by molar-refractivity contribution is 5.88. The van der Waals surface area contributed by atoms with Gasteiger partial charge in [-0.1, -0.05) is 50.0 Å². The summed E-state index contributed by atoms with van der Waals surface area (Å²) in [7, 11) is 2.50. The van der Waals surface area contributed by atoms with E-state index in [1.165, 1.54) is 32.4 Å². The van der Waals surface area contributed by atoms with Gasteiger partial charge in [0.2, 0.25) is 5.91 Å². The molecule has 4 amide bonds. The van der Waals surface area contributed by atoms with Crippen LogP contribution in [0.25, 0.3) is 22.3 Å². The van der Waals surface area contributed by atoms with Crippen LogP contribution in [0.4, 0.5) is 14.0 Å². The molecule has 1 saturated carbocycles. The lowest BCUT2D eigenvalue weighted by Crippen LogP contribution is -2.51. The molecule has 2 saturated heterocycles. The summed E-state index contributed by atoms with van der Waals surface area (Å²) in [5, 5.41) is 5.30. The first kappa shape index (κ1) is 40.1. The summed E-state index contributed by atoms with van der Waals surface area (Å²) < 4.78 is 23.7.